The van der Waals surface area contributed by atoms with Crippen molar-refractivity contribution in [2.45, 2.75) is 53.5 Å². The van der Waals surface area contributed by atoms with Crippen LogP contribution in [0.5, 0.6) is 0 Å². The summed E-state index contributed by atoms with van der Waals surface area (Å²) < 4.78 is 7.00. The molecule has 1 aromatic rings. The molecule has 1 N–H and O–H groups in total. The lowest BCUT2D eigenvalue weighted by atomic mass is 10.1. The van der Waals surface area contributed by atoms with E-state index in [9.17, 15) is 14.9 Å². The average molecular weight is 345 g/mol. The zero-order valence-corrected chi connectivity index (χ0v) is 15.5. The summed E-state index contributed by atoms with van der Waals surface area (Å²) in [6.45, 7) is 9.45. The monoisotopic (exact) mass is 345 g/mol. The molecule has 0 atom stereocenters. The van der Waals surface area contributed by atoms with E-state index in [0.29, 0.717) is 19.6 Å². The third-order valence-corrected chi connectivity index (χ3v) is 3.87. The number of esters is 1. The van der Waals surface area contributed by atoms with Crippen LogP contribution in [0.25, 0.3) is 6.08 Å². The summed E-state index contributed by atoms with van der Waals surface area (Å²) in [7, 11) is 0. The van der Waals surface area contributed by atoms with Crippen LogP contribution in [0.4, 0.5) is 0 Å². The maximum Gasteiger partial charge on any atom is 0.305 e. The maximum atomic E-state index is 12.2. The minimum atomic E-state index is -0.424. The van der Waals surface area contributed by atoms with Crippen molar-refractivity contribution in [2.24, 2.45) is 0 Å². The molecule has 0 saturated carbocycles. The van der Waals surface area contributed by atoms with Gasteiger partial charge in [0.25, 0.3) is 5.91 Å². The van der Waals surface area contributed by atoms with Crippen LogP contribution in [-0.2, 0) is 20.9 Å². The van der Waals surface area contributed by atoms with Gasteiger partial charge < -0.3 is 14.6 Å². The first-order chi connectivity index (χ1) is 11.9. The molecular formula is C19H27N3O3. The fraction of sp³-hybridized carbons (Fsp3) is 0.526. The van der Waals surface area contributed by atoms with Crippen LogP contribution in [-0.4, -0.2) is 29.6 Å². The number of amides is 1. The highest BCUT2D eigenvalue weighted by molar-refractivity contribution is 6.01. The van der Waals surface area contributed by atoms with Gasteiger partial charge in [-0.05, 0) is 51.3 Å². The van der Waals surface area contributed by atoms with Gasteiger partial charge in [-0.1, -0.05) is 6.92 Å². The summed E-state index contributed by atoms with van der Waals surface area (Å²) in [6, 6.07) is 3.94. The second-order valence-corrected chi connectivity index (χ2v) is 5.81. The van der Waals surface area contributed by atoms with Crippen molar-refractivity contribution in [3.8, 4) is 6.07 Å². The Labute approximate surface area is 149 Å². The quantitative estimate of drug-likeness (QED) is 0.323. The fourth-order valence-electron chi connectivity index (χ4n) is 2.61. The van der Waals surface area contributed by atoms with Gasteiger partial charge in [-0.15, -0.1) is 0 Å². The lowest BCUT2D eigenvalue weighted by molar-refractivity contribution is -0.143. The largest absolute Gasteiger partial charge is 0.466 e. The number of nitrogens with one attached hydrogen (secondary N) is 1. The second kappa shape index (κ2) is 10.3. The first-order valence-electron chi connectivity index (χ1n) is 8.66. The highest BCUT2D eigenvalue weighted by Crippen LogP contribution is 2.18. The molecule has 0 radical (unpaired) electrons. The van der Waals surface area contributed by atoms with E-state index in [1.807, 2.05) is 26.0 Å². The Morgan fingerprint density at radius 3 is 2.68 bits per heavy atom. The molecule has 0 aliphatic carbocycles. The normalized spacial score (nSPS) is 11.1. The Morgan fingerprint density at radius 1 is 1.36 bits per heavy atom. The minimum absolute atomic E-state index is 0.0629. The van der Waals surface area contributed by atoms with Crippen LogP contribution in [0.3, 0.4) is 0 Å². The van der Waals surface area contributed by atoms with Crippen molar-refractivity contribution < 1.29 is 14.3 Å². The van der Waals surface area contributed by atoms with E-state index in [1.54, 1.807) is 13.0 Å². The summed E-state index contributed by atoms with van der Waals surface area (Å²) in [5.41, 5.74) is 3.09. The SMILES string of the molecule is CCCn1c(C)cc(/C=C(\C#N)C(=O)NCCCC(=O)OCC)c1C. The first-order valence-corrected chi connectivity index (χ1v) is 8.66. The van der Waals surface area contributed by atoms with Gasteiger partial charge in [-0.2, -0.15) is 5.26 Å². The molecule has 0 fully saturated rings. The third kappa shape index (κ3) is 6.11. The van der Waals surface area contributed by atoms with Crippen LogP contribution < -0.4 is 5.32 Å². The van der Waals surface area contributed by atoms with E-state index in [0.717, 1.165) is 29.9 Å². The first kappa shape index (κ1) is 20.5. The van der Waals surface area contributed by atoms with Crippen LogP contribution >= 0.6 is 0 Å². The topological polar surface area (TPSA) is 84.1 Å². The predicted molar refractivity (Wildman–Crippen MR) is 96.7 cm³/mol. The number of hydrogen-bond acceptors (Lipinski definition) is 4. The molecule has 136 valence electrons. The zero-order valence-electron chi connectivity index (χ0n) is 15.5. The van der Waals surface area contributed by atoms with Crippen LogP contribution in [0, 0.1) is 25.2 Å². The molecule has 6 heteroatoms. The number of carbonyl (C=O) groups is 2. The van der Waals surface area contributed by atoms with Gasteiger partial charge in [-0.3, -0.25) is 9.59 Å². The van der Waals surface area contributed by atoms with Crippen LogP contribution in [0.2, 0.25) is 0 Å². The molecule has 1 aromatic heterocycles. The number of nitriles is 1. The lowest BCUT2D eigenvalue weighted by Gasteiger charge is -2.07. The number of carbonyl (C=O) groups excluding carboxylic acids is 2. The number of ether oxygens (including phenoxy) is 1. The highest BCUT2D eigenvalue weighted by atomic mass is 16.5. The maximum absolute atomic E-state index is 12.2. The summed E-state index contributed by atoms with van der Waals surface area (Å²) in [6.07, 6.45) is 3.37. The molecule has 0 spiro atoms. The van der Waals surface area contributed by atoms with Crippen molar-refractivity contribution in [3.05, 3.63) is 28.6 Å². The molecule has 0 bridgehead atoms. The van der Waals surface area contributed by atoms with E-state index in [4.69, 9.17) is 4.74 Å². The molecule has 0 aliphatic rings. The van der Waals surface area contributed by atoms with E-state index >= 15 is 0 Å². The molecule has 1 heterocycles. The summed E-state index contributed by atoms with van der Waals surface area (Å²) in [4.78, 5) is 23.4. The van der Waals surface area contributed by atoms with E-state index in [2.05, 4.69) is 16.8 Å². The average Bonchev–Trinajstić information content (AvgIpc) is 2.84. The Morgan fingerprint density at radius 2 is 2.08 bits per heavy atom. The molecule has 0 unspecified atom stereocenters. The molecule has 6 nitrogen and oxygen atoms in total. The van der Waals surface area contributed by atoms with Gasteiger partial charge in [0.2, 0.25) is 0 Å². The molecular weight excluding hydrogens is 318 g/mol. The minimum Gasteiger partial charge on any atom is -0.466 e. The smallest absolute Gasteiger partial charge is 0.305 e. The number of aromatic nitrogens is 1. The molecule has 1 amide bonds. The Hall–Kier alpha value is -2.55. The van der Waals surface area contributed by atoms with Crippen LogP contribution in [0.1, 0.15) is 50.1 Å². The van der Waals surface area contributed by atoms with Crippen LogP contribution in [0.15, 0.2) is 11.6 Å². The van der Waals surface area contributed by atoms with E-state index in [-0.39, 0.29) is 18.0 Å². The van der Waals surface area contributed by atoms with Crippen molar-refractivity contribution in [1.82, 2.24) is 9.88 Å². The zero-order chi connectivity index (χ0) is 18.8. The number of rotatable bonds is 9. The summed E-state index contributed by atoms with van der Waals surface area (Å²) in [5.74, 6) is -0.706. The van der Waals surface area contributed by atoms with Gasteiger partial charge in [0, 0.05) is 30.9 Å². The fourth-order valence-corrected chi connectivity index (χ4v) is 2.61. The molecule has 25 heavy (non-hydrogen) atoms. The van der Waals surface area contributed by atoms with Gasteiger partial charge in [0.1, 0.15) is 11.6 Å². The highest BCUT2D eigenvalue weighted by Gasteiger charge is 2.12. The molecule has 0 aromatic carbocycles. The molecule has 0 aliphatic heterocycles. The van der Waals surface area contributed by atoms with Gasteiger partial charge in [0.05, 0.1) is 6.61 Å². The van der Waals surface area contributed by atoms with Crippen molar-refractivity contribution >= 4 is 18.0 Å². The Balaban J connectivity index is 2.70. The number of aryl methyl sites for hydroxylation is 1. The third-order valence-electron chi connectivity index (χ3n) is 3.87. The second-order valence-electron chi connectivity index (χ2n) is 5.81. The predicted octanol–water partition coefficient (Wildman–Crippen LogP) is 2.88. The standard InChI is InChI=1S/C19H27N3O3/c1-5-10-22-14(3)11-16(15(22)4)12-17(13-20)19(24)21-9-7-8-18(23)25-6-2/h11-12H,5-10H2,1-4H3,(H,21,24)/b17-12+. The van der Waals surface area contributed by atoms with Crippen molar-refractivity contribution in [3.63, 3.8) is 0 Å². The Bertz CT molecular complexity index is 681. The summed E-state index contributed by atoms with van der Waals surface area (Å²) >= 11 is 0. The Kier molecular flexibility index (Phi) is 8.48. The van der Waals surface area contributed by atoms with E-state index < -0.39 is 5.91 Å². The summed E-state index contributed by atoms with van der Waals surface area (Å²) in [5, 5.41) is 12.0. The van der Waals surface area contributed by atoms with Crippen molar-refractivity contribution in [2.75, 3.05) is 13.2 Å². The number of hydrogen-bond donors (Lipinski definition) is 1. The molecule has 1 rings (SSSR count). The van der Waals surface area contributed by atoms with Crippen molar-refractivity contribution in [1.29, 1.82) is 5.26 Å². The van der Waals surface area contributed by atoms with Gasteiger partial charge in [0.15, 0.2) is 0 Å². The van der Waals surface area contributed by atoms with Gasteiger partial charge in [-0.25, -0.2) is 0 Å². The number of nitrogens with zero attached hydrogens (tertiary/aromatic N) is 2. The van der Waals surface area contributed by atoms with Gasteiger partial charge >= 0.3 is 5.97 Å². The molecule has 0 saturated heterocycles. The van der Waals surface area contributed by atoms with E-state index in [1.165, 1.54) is 0 Å². The lowest BCUT2D eigenvalue weighted by Crippen LogP contribution is -2.26.